The average molecular weight is 283 g/mol. The molecule has 6 heteroatoms. The van der Waals surface area contributed by atoms with Gasteiger partial charge in [0.1, 0.15) is 12.4 Å². The van der Waals surface area contributed by atoms with Gasteiger partial charge in [-0.2, -0.15) is 0 Å². The number of hydrogen-bond donors (Lipinski definition) is 1. The minimum atomic E-state index is -1.09. The number of nitrogen functional groups attached to an aromatic ring is 1. The molecule has 0 radical (unpaired) electrons. The Kier molecular flexibility index (Phi) is 4.02. The van der Waals surface area contributed by atoms with Crippen LogP contribution in [0.15, 0.2) is 30.3 Å². The van der Waals surface area contributed by atoms with E-state index < -0.39 is 17.5 Å². The van der Waals surface area contributed by atoms with Gasteiger partial charge in [0.25, 0.3) is 0 Å². The van der Waals surface area contributed by atoms with Gasteiger partial charge in [-0.15, -0.1) is 0 Å². The highest BCUT2D eigenvalue weighted by Crippen LogP contribution is 2.27. The van der Waals surface area contributed by atoms with Gasteiger partial charge in [0, 0.05) is 11.8 Å². The van der Waals surface area contributed by atoms with Crippen LogP contribution in [0.2, 0.25) is 0 Å². The normalized spacial score (nSPS) is 10.4. The molecule has 0 atom stereocenters. The van der Waals surface area contributed by atoms with Gasteiger partial charge in [-0.25, -0.2) is 13.2 Å². The topological polar surface area (TPSA) is 44.5 Å². The lowest BCUT2D eigenvalue weighted by Gasteiger charge is -2.12. The second-order valence-electron chi connectivity index (χ2n) is 4.02. The van der Waals surface area contributed by atoms with Crippen LogP contribution in [0, 0.1) is 17.5 Å². The van der Waals surface area contributed by atoms with Crippen molar-refractivity contribution in [2.45, 2.75) is 6.61 Å². The number of hydrogen-bond acceptors (Lipinski definition) is 3. The van der Waals surface area contributed by atoms with E-state index >= 15 is 0 Å². The van der Waals surface area contributed by atoms with E-state index in [1.807, 2.05) is 0 Å². The standard InChI is InChI=1S/C14H12F3NO2/c1-19-12-5-4-11(16)14(17)9(12)7-20-13-6-8(18)2-3-10(13)15/h2-6H,7,18H2,1H3. The van der Waals surface area contributed by atoms with E-state index in [9.17, 15) is 13.2 Å². The molecule has 2 aromatic rings. The molecule has 3 nitrogen and oxygen atoms in total. The van der Waals surface area contributed by atoms with Gasteiger partial charge in [0.05, 0.1) is 12.7 Å². The zero-order valence-electron chi connectivity index (χ0n) is 10.6. The molecule has 20 heavy (non-hydrogen) atoms. The Morgan fingerprint density at radius 3 is 2.40 bits per heavy atom. The number of rotatable bonds is 4. The summed E-state index contributed by atoms with van der Waals surface area (Å²) in [6, 6.07) is 5.97. The fraction of sp³-hybridized carbons (Fsp3) is 0.143. The Balaban J connectivity index is 2.27. The fourth-order valence-corrected chi connectivity index (χ4v) is 1.68. The minimum absolute atomic E-state index is 0.119. The maximum atomic E-state index is 13.7. The van der Waals surface area contributed by atoms with Gasteiger partial charge in [0.15, 0.2) is 23.2 Å². The van der Waals surface area contributed by atoms with Crippen molar-refractivity contribution >= 4 is 5.69 Å². The minimum Gasteiger partial charge on any atom is -0.496 e. The maximum absolute atomic E-state index is 13.7. The van der Waals surface area contributed by atoms with Crippen LogP contribution in [0.5, 0.6) is 11.5 Å². The zero-order chi connectivity index (χ0) is 14.7. The molecule has 0 amide bonds. The molecule has 0 unspecified atom stereocenters. The molecule has 2 N–H and O–H groups in total. The summed E-state index contributed by atoms with van der Waals surface area (Å²) in [6.45, 7) is -0.382. The van der Waals surface area contributed by atoms with Crippen LogP contribution in [0.3, 0.4) is 0 Å². The molecule has 106 valence electrons. The Bertz CT molecular complexity index is 632. The largest absolute Gasteiger partial charge is 0.496 e. The van der Waals surface area contributed by atoms with Gasteiger partial charge in [-0.1, -0.05) is 0 Å². The van der Waals surface area contributed by atoms with Crippen molar-refractivity contribution in [3.63, 3.8) is 0 Å². The lowest BCUT2D eigenvalue weighted by molar-refractivity contribution is 0.274. The van der Waals surface area contributed by atoms with E-state index in [4.69, 9.17) is 15.2 Å². The molecular formula is C14H12F3NO2. The van der Waals surface area contributed by atoms with Crippen molar-refractivity contribution in [1.82, 2.24) is 0 Å². The maximum Gasteiger partial charge on any atom is 0.169 e. The predicted molar refractivity (Wildman–Crippen MR) is 68.1 cm³/mol. The zero-order valence-corrected chi connectivity index (χ0v) is 10.6. The number of methoxy groups -OCH3 is 1. The quantitative estimate of drug-likeness (QED) is 0.876. The Morgan fingerprint density at radius 1 is 1.00 bits per heavy atom. The van der Waals surface area contributed by atoms with Crippen LogP contribution in [0.1, 0.15) is 5.56 Å². The van der Waals surface area contributed by atoms with Gasteiger partial charge >= 0.3 is 0 Å². The molecule has 0 saturated heterocycles. The van der Waals surface area contributed by atoms with Crippen LogP contribution in [0.25, 0.3) is 0 Å². The molecule has 0 heterocycles. The van der Waals surface area contributed by atoms with E-state index in [2.05, 4.69) is 0 Å². The monoisotopic (exact) mass is 283 g/mol. The highest BCUT2D eigenvalue weighted by molar-refractivity contribution is 5.45. The van der Waals surface area contributed by atoms with Crippen LogP contribution < -0.4 is 15.2 Å². The van der Waals surface area contributed by atoms with Crippen LogP contribution in [-0.4, -0.2) is 7.11 Å². The smallest absolute Gasteiger partial charge is 0.169 e. The van der Waals surface area contributed by atoms with Crippen LogP contribution in [0.4, 0.5) is 18.9 Å². The van der Waals surface area contributed by atoms with Gasteiger partial charge < -0.3 is 15.2 Å². The SMILES string of the molecule is COc1ccc(F)c(F)c1COc1cc(N)ccc1F. The first-order chi connectivity index (χ1) is 9.52. The van der Waals surface area contributed by atoms with E-state index in [0.717, 1.165) is 12.1 Å². The third-order valence-corrected chi connectivity index (χ3v) is 2.70. The Labute approximate surface area is 113 Å². The first-order valence-corrected chi connectivity index (χ1v) is 5.71. The van der Waals surface area contributed by atoms with E-state index in [0.29, 0.717) is 5.69 Å². The first-order valence-electron chi connectivity index (χ1n) is 5.71. The third kappa shape index (κ3) is 2.79. The van der Waals surface area contributed by atoms with Crippen LogP contribution in [-0.2, 0) is 6.61 Å². The molecule has 0 aromatic heterocycles. The van der Waals surface area contributed by atoms with Gasteiger partial charge in [-0.3, -0.25) is 0 Å². The highest BCUT2D eigenvalue weighted by atomic mass is 19.2. The first kappa shape index (κ1) is 14.0. The summed E-state index contributed by atoms with van der Waals surface area (Å²) in [5.41, 5.74) is 5.67. The Hall–Kier alpha value is -2.37. The number of nitrogens with two attached hydrogens (primary N) is 1. The van der Waals surface area contributed by atoms with Crippen molar-refractivity contribution in [2.24, 2.45) is 0 Å². The third-order valence-electron chi connectivity index (χ3n) is 2.70. The second-order valence-corrected chi connectivity index (χ2v) is 4.02. The van der Waals surface area contributed by atoms with Crippen molar-refractivity contribution in [3.8, 4) is 11.5 Å². The second kappa shape index (κ2) is 5.73. The molecule has 0 fully saturated rings. The number of anilines is 1. The molecule has 2 aromatic carbocycles. The van der Waals surface area contributed by atoms with E-state index in [-0.39, 0.29) is 23.7 Å². The summed E-state index contributed by atoms with van der Waals surface area (Å²) >= 11 is 0. The summed E-state index contributed by atoms with van der Waals surface area (Å²) in [5, 5.41) is 0. The highest BCUT2D eigenvalue weighted by Gasteiger charge is 2.15. The Morgan fingerprint density at radius 2 is 1.70 bits per heavy atom. The summed E-state index contributed by atoms with van der Waals surface area (Å²) < 4.78 is 50.4. The predicted octanol–water partition coefficient (Wildman–Crippen LogP) is 3.27. The van der Waals surface area contributed by atoms with Crippen molar-refractivity contribution in [3.05, 3.63) is 53.3 Å². The summed E-state index contributed by atoms with van der Waals surface area (Å²) in [7, 11) is 1.32. The molecule has 2 rings (SSSR count). The molecule has 0 aliphatic carbocycles. The fourth-order valence-electron chi connectivity index (χ4n) is 1.68. The molecule has 0 saturated carbocycles. The van der Waals surface area contributed by atoms with E-state index in [1.165, 1.54) is 25.3 Å². The molecule has 0 aliphatic rings. The number of benzene rings is 2. The molecular weight excluding hydrogens is 271 g/mol. The molecule has 0 aliphatic heterocycles. The summed E-state index contributed by atoms with van der Waals surface area (Å²) in [4.78, 5) is 0. The lowest BCUT2D eigenvalue weighted by atomic mass is 10.2. The summed E-state index contributed by atoms with van der Waals surface area (Å²) in [5.74, 6) is -2.79. The lowest BCUT2D eigenvalue weighted by Crippen LogP contribution is -2.05. The van der Waals surface area contributed by atoms with E-state index in [1.54, 1.807) is 0 Å². The van der Waals surface area contributed by atoms with Crippen molar-refractivity contribution < 1.29 is 22.6 Å². The van der Waals surface area contributed by atoms with Crippen LogP contribution >= 0.6 is 0 Å². The van der Waals surface area contributed by atoms with Gasteiger partial charge in [0.2, 0.25) is 0 Å². The summed E-state index contributed by atoms with van der Waals surface area (Å²) in [6.07, 6.45) is 0. The number of ether oxygens (including phenoxy) is 2. The van der Waals surface area contributed by atoms with Crippen molar-refractivity contribution in [1.29, 1.82) is 0 Å². The molecule has 0 bridgehead atoms. The van der Waals surface area contributed by atoms with Gasteiger partial charge in [-0.05, 0) is 24.3 Å². The number of halogens is 3. The molecule has 0 spiro atoms. The average Bonchev–Trinajstić information content (AvgIpc) is 2.44. The van der Waals surface area contributed by atoms with Crippen molar-refractivity contribution in [2.75, 3.05) is 12.8 Å².